The van der Waals surface area contributed by atoms with Crippen molar-refractivity contribution in [3.8, 4) is 0 Å². The fourth-order valence-corrected chi connectivity index (χ4v) is 1.20. The molecular formula is C8H9N5. The first-order chi connectivity index (χ1) is 6.35. The van der Waals surface area contributed by atoms with Crippen LogP contribution in [0.4, 0.5) is 5.82 Å². The number of rotatable bonds is 2. The molecule has 0 saturated heterocycles. The molecule has 2 heterocycles. The SMILES string of the molecule is CNc1cc2[nH]cnc2c(C=N)n1. The third kappa shape index (κ3) is 1.14. The summed E-state index contributed by atoms with van der Waals surface area (Å²) < 4.78 is 0. The van der Waals surface area contributed by atoms with E-state index < -0.39 is 0 Å². The van der Waals surface area contributed by atoms with Gasteiger partial charge in [0.1, 0.15) is 17.0 Å². The highest BCUT2D eigenvalue weighted by molar-refractivity contribution is 5.94. The summed E-state index contributed by atoms with van der Waals surface area (Å²) >= 11 is 0. The predicted octanol–water partition coefficient (Wildman–Crippen LogP) is 0.997. The van der Waals surface area contributed by atoms with E-state index in [1.807, 2.05) is 6.07 Å². The first kappa shape index (κ1) is 7.72. The van der Waals surface area contributed by atoms with Crippen molar-refractivity contribution in [2.24, 2.45) is 0 Å². The molecule has 0 aromatic carbocycles. The second-order valence-corrected chi connectivity index (χ2v) is 2.59. The molecule has 2 rings (SSSR count). The highest BCUT2D eigenvalue weighted by atomic mass is 15.0. The summed E-state index contributed by atoms with van der Waals surface area (Å²) in [6.07, 6.45) is 2.79. The van der Waals surface area contributed by atoms with Crippen molar-refractivity contribution >= 4 is 23.1 Å². The number of fused-ring (bicyclic) bond motifs is 1. The highest BCUT2D eigenvalue weighted by Gasteiger charge is 2.04. The lowest BCUT2D eigenvalue weighted by atomic mass is 10.3. The molecule has 2 aromatic rings. The quantitative estimate of drug-likeness (QED) is 0.596. The molecule has 0 fully saturated rings. The number of nitrogens with zero attached hydrogens (tertiary/aromatic N) is 2. The molecule has 0 amide bonds. The lowest BCUT2D eigenvalue weighted by Crippen LogP contribution is -1.96. The van der Waals surface area contributed by atoms with E-state index in [1.54, 1.807) is 13.4 Å². The van der Waals surface area contributed by atoms with Crippen molar-refractivity contribution in [3.63, 3.8) is 0 Å². The van der Waals surface area contributed by atoms with Crippen LogP contribution in [0.1, 0.15) is 5.69 Å². The Bertz CT molecular complexity index is 445. The minimum atomic E-state index is 0.572. The van der Waals surface area contributed by atoms with Crippen LogP contribution >= 0.6 is 0 Å². The summed E-state index contributed by atoms with van der Waals surface area (Å²) in [6, 6.07) is 1.86. The maximum absolute atomic E-state index is 7.17. The van der Waals surface area contributed by atoms with Gasteiger partial charge in [0.2, 0.25) is 0 Å². The summed E-state index contributed by atoms with van der Waals surface area (Å²) in [5.74, 6) is 0.732. The van der Waals surface area contributed by atoms with Crippen LogP contribution in [0.25, 0.3) is 11.0 Å². The molecule has 5 nitrogen and oxygen atoms in total. The number of aromatic nitrogens is 3. The molecule has 0 radical (unpaired) electrons. The molecule has 5 heteroatoms. The second kappa shape index (κ2) is 2.85. The highest BCUT2D eigenvalue weighted by Crippen LogP contribution is 2.15. The smallest absolute Gasteiger partial charge is 0.128 e. The zero-order valence-corrected chi connectivity index (χ0v) is 7.13. The van der Waals surface area contributed by atoms with E-state index in [1.165, 1.54) is 6.21 Å². The molecule has 2 aromatic heterocycles. The van der Waals surface area contributed by atoms with Crippen LogP contribution in [0.2, 0.25) is 0 Å². The van der Waals surface area contributed by atoms with Gasteiger partial charge in [0.05, 0.1) is 11.8 Å². The fraction of sp³-hybridized carbons (Fsp3) is 0.125. The van der Waals surface area contributed by atoms with E-state index in [2.05, 4.69) is 20.3 Å². The first-order valence-electron chi connectivity index (χ1n) is 3.87. The maximum atomic E-state index is 7.17. The molecule has 0 bridgehead atoms. The monoisotopic (exact) mass is 175 g/mol. The van der Waals surface area contributed by atoms with E-state index in [-0.39, 0.29) is 0 Å². The molecule has 0 unspecified atom stereocenters. The number of hydrogen-bond acceptors (Lipinski definition) is 4. The molecule has 0 aliphatic rings. The Morgan fingerprint density at radius 3 is 3.15 bits per heavy atom. The molecule has 0 aliphatic carbocycles. The van der Waals surface area contributed by atoms with Crippen molar-refractivity contribution in [1.29, 1.82) is 5.41 Å². The van der Waals surface area contributed by atoms with E-state index in [9.17, 15) is 0 Å². The van der Waals surface area contributed by atoms with E-state index >= 15 is 0 Å². The van der Waals surface area contributed by atoms with Crippen molar-refractivity contribution in [3.05, 3.63) is 18.1 Å². The Balaban J connectivity index is 2.77. The zero-order chi connectivity index (χ0) is 9.26. The number of pyridine rings is 1. The van der Waals surface area contributed by atoms with Gasteiger partial charge in [-0.05, 0) is 0 Å². The van der Waals surface area contributed by atoms with Gasteiger partial charge in [0.15, 0.2) is 0 Å². The van der Waals surface area contributed by atoms with Gasteiger partial charge in [-0.25, -0.2) is 9.97 Å². The van der Waals surface area contributed by atoms with Crippen LogP contribution < -0.4 is 5.32 Å². The van der Waals surface area contributed by atoms with Crippen LogP contribution in [0.15, 0.2) is 12.4 Å². The number of nitrogens with one attached hydrogen (secondary N) is 3. The number of H-pyrrole nitrogens is 1. The minimum Gasteiger partial charge on any atom is -0.373 e. The van der Waals surface area contributed by atoms with Gasteiger partial charge in [-0.1, -0.05) is 0 Å². The number of anilines is 1. The third-order valence-corrected chi connectivity index (χ3v) is 1.83. The Kier molecular flexibility index (Phi) is 1.70. The molecule has 66 valence electrons. The first-order valence-corrected chi connectivity index (χ1v) is 3.87. The van der Waals surface area contributed by atoms with Gasteiger partial charge >= 0.3 is 0 Å². The molecule has 0 saturated carbocycles. The Hall–Kier alpha value is -1.91. The summed E-state index contributed by atoms with van der Waals surface area (Å²) in [7, 11) is 1.79. The minimum absolute atomic E-state index is 0.572. The van der Waals surface area contributed by atoms with Crippen molar-refractivity contribution in [2.45, 2.75) is 0 Å². The zero-order valence-electron chi connectivity index (χ0n) is 7.13. The van der Waals surface area contributed by atoms with E-state index in [0.29, 0.717) is 5.69 Å². The van der Waals surface area contributed by atoms with Crippen LogP contribution in [-0.4, -0.2) is 28.2 Å². The number of hydrogen-bond donors (Lipinski definition) is 3. The molecule has 0 spiro atoms. The molecule has 3 N–H and O–H groups in total. The van der Waals surface area contributed by atoms with Crippen molar-refractivity contribution in [2.75, 3.05) is 12.4 Å². The Morgan fingerprint density at radius 1 is 1.62 bits per heavy atom. The van der Waals surface area contributed by atoms with Gasteiger partial charge in [0.25, 0.3) is 0 Å². The van der Waals surface area contributed by atoms with Crippen LogP contribution in [0.3, 0.4) is 0 Å². The second-order valence-electron chi connectivity index (χ2n) is 2.59. The van der Waals surface area contributed by atoms with E-state index in [4.69, 9.17) is 5.41 Å². The lowest BCUT2D eigenvalue weighted by Gasteiger charge is -2.00. The largest absolute Gasteiger partial charge is 0.373 e. The summed E-state index contributed by atoms with van der Waals surface area (Å²) in [5, 5.41) is 10.1. The Labute approximate surface area is 74.7 Å². The van der Waals surface area contributed by atoms with Gasteiger partial charge < -0.3 is 15.7 Å². The van der Waals surface area contributed by atoms with E-state index in [0.717, 1.165) is 16.9 Å². The van der Waals surface area contributed by atoms with Gasteiger partial charge in [-0.2, -0.15) is 0 Å². The predicted molar refractivity (Wildman–Crippen MR) is 51.3 cm³/mol. The average Bonchev–Trinajstić information content (AvgIpc) is 2.63. The van der Waals surface area contributed by atoms with Gasteiger partial charge in [-0.15, -0.1) is 0 Å². The summed E-state index contributed by atoms with van der Waals surface area (Å²) in [5.41, 5.74) is 2.19. The summed E-state index contributed by atoms with van der Waals surface area (Å²) in [6.45, 7) is 0. The summed E-state index contributed by atoms with van der Waals surface area (Å²) in [4.78, 5) is 11.2. The van der Waals surface area contributed by atoms with Crippen molar-refractivity contribution in [1.82, 2.24) is 15.0 Å². The third-order valence-electron chi connectivity index (χ3n) is 1.83. The standard InChI is InChI=1S/C8H9N5/c1-10-7-2-5-8(12-4-11-5)6(3-9)13-7/h2-4,9H,1H3,(H,10,13)(H,11,12). The Morgan fingerprint density at radius 2 is 2.46 bits per heavy atom. The molecule has 13 heavy (non-hydrogen) atoms. The van der Waals surface area contributed by atoms with Crippen LogP contribution in [0.5, 0.6) is 0 Å². The fourth-order valence-electron chi connectivity index (χ4n) is 1.20. The van der Waals surface area contributed by atoms with Crippen LogP contribution in [-0.2, 0) is 0 Å². The molecule has 0 aliphatic heterocycles. The lowest BCUT2D eigenvalue weighted by molar-refractivity contribution is 1.27. The maximum Gasteiger partial charge on any atom is 0.128 e. The topological polar surface area (TPSA) is 77.5 Å². The van der Waals surface area contributed by atoms with Gasteiger partial charge in [0, 0.05) is 19.3 Å². The molecular weight excluding hydrogens is 166 g/mol. The number of aromatic amines is 1. The normalized spacial score (nSPS) is 10.2. The van der Waals surface area contributed by atoms with Crippen molar-refractivity contribution < 1.29 is 0 Å². The molecule has 0 atom stereocenters. The number of imidazole rings is 1. The van der Waals surface area contributed by atoms with Crippen LogP contribution in [0, 0.1) is 5.41 Å². The van der Waals surface area contributed by atoms with Gasteiger partial charge in [-0.3, -0.25) is 0 Å². The average molecular weight is 175 g/mol.